The number of nitrogen functional groups attached to an aromatic ring is 1. The summed E-state index contributed by atoms with van der Waals surface area (Å²) in [7, 11) is 1.74. The van der Waals surface area contributed by atoms with Crippen molar-refractivity contribution in [3.63, 3.8) is 0 Å². The fourth-order valence-electron chi connectivity index (χ4n) is 2.67. The third-order valence-corrected chi connectivity index (χ3v) is 4.04. The highest BCUT2D eigenvalue weighted by molar-refractivity contribution is 5.92. The number of benzene rings is 1. The van der Waals surface area contributed by atoms with Crippen molar-refractivity contribution in [2.75, 3.05) is 44.4 Å². The topological polar surface area (TPSA) is 67.6 Å². The summed E-state index contributed by atoms with van der Waals surface area (Å²) in [5, 5.41) is 2.91. The third kappa shape index (κ3) is 4.72. The number of hydrogen-bond acceptors (Lipinski definition) is 4. The van der Waals surface area contributed by atoms with Crippen LogP contribution in [0.5, 0.6) is 0 Å². The highest BCUT2D eigenvalue weighted by Crippen LogP contribution is 2.18. The number of amides is 1. The predicted octanol–water partition coefficient (Wildman–Crippen LogP) is 1.87. The van der Waals surface area contributed by atoms with Gasteiger partial charge in [-0.15, -0.1) is 0 Å². The van der Waals surface area contributed by atoms with E-state index in [9.17, 15) is 4.79 Å². The number of hydrogen-bond donors (Lipinski definition) is 2. The summed E-state index contributed by atoms with van der Waals surface area (Å²) in [6.07, 6.45) is 2.19. The largest absolute Gasteiger partial charge is 0.398 e. The van der Waals surface area contributed by atoms with Crippen LogP contribution in [0.3, 0.4) is 0 Å². The highest BCUT2D eigenvalue weighted by atomic mass is 16.5. The first-order valence-corrected chi connectivity index (χ1v) is 7.45. The van der Waals surface area contributed by atoms with Crippen LogP contribution in [0.2, 0.25) is 0 Å². The molecule has 0 aliphatic carbocycles. The zero-order chi connectivity index (χ0) is 15.2. The van der Waals surface area contributed by atoms with Crippen molar-refractivity contribution in [1.29, 1.82) is 0 Å². The van der Waals surface area contributed by atoms with Crippen molar-refractivity contribution >= 4 is 17.3 Å². The Kier molecular flexibility index (Phi) is 5.59. The monoisotopic (exact) mass is 291 g/mol. The van der Waals surface area contributed by atoms with Gasteiger partial charge in [-0.25, -0.2) is 0 Å². The number of rotatable bonds is 5. The smallest absolute Gasteiger partial charge is 0.238 e. The Bertz CT molecular complexity index is 482. The van der Waals surface area contributed by atoms with E-state index in [-0.39, 0.29) is 5.91 Å². The number of carbonyl (C=O) groups is 1. The average molecular weight is 291 g/mol. The average Bonchev–Trinajstić information content (AvgIpc) is 2.45. The van der Waals surface area contributed by atoms with Crippen LogP contribution < -0.4 is 11.1 Å². The summed E-state index contributed by atoms with van der Waals surface area (Å²) in [6, 6.07) is 5.60. The van der Waals surface area contributed by atoms with Gasteiger partial charge in [0.05, 0.1) is 6.54 Å². The van der Waals surface area contributed by atoms with Crippen LogP contribution >= 0.6 is 0 Å². The van der Waals surface area contributed by atoms with Gasteiger partial charge in [-0.3, -0.25) is 9.69 Å². The van der Waals surface area contributed by atoms with E-state index >= 15 is 0 Å². The molecule has 1 amide bonds. The lowest BCUT2D eigenvalue weighted by Crippen LogP contribution is -2.40. The van der Waals surface area contributed by atoms with E-state index in [0.29, 0.717) is 18.2 Å². The first kappa shape index (κ1) is 15.8. The molecule has 116 valence electrons. The molecule has 0 saturated carbocycles. The molecule has 5 heteroatoms. The Morgan fingerprint density at radius 2 is 2.14 bits per heavy atom. The van der Waals surface area contributed by atoms with Crippen molar-refractivity contribution in [2.24, 2.45) is 5.92 Å². The SMILES string of the molecule is COCC1CCN(CC(=O)Nc2ccc(C)c(N)c2)CC1. The maximum atomic E-state index is 12.1. The number of nitrogens with two attached hydrogens (primary N) is 1. The van der Waals surface area contributed by atoms with Crippen LogP contribution in [0.15, 0.2) is 18.2 Å². The number of carbonyl (C=O) groups excluding carboxylic acids is 1. The van der Waals surface area contributed by atoms with E-state index in [1.54, 1.807) is 13.2 Å². The second kappa shape index (κ2) is 7.43. The molecular formula is C16H25N3O2. The summed E-state index contributed by atoms with van der Waals surface area (Å²) >= 11 is 0. The number of anilines is 2. The summed E-state index contributed by atoms with van der Waals surface area (Å²) in [6.45, 7) is 5.12. The lowest BCUT2D eigenvalue weighted by atomic mass is 9.98. The van der Waals surface area contributed by atoms with E-state index < -0.39 is 0 Å². The Balaban J connectivity index is 1.78. The van der Waals surface area contributed by atoms with Gasteiger partial charge in [0, 0.05) is 25.1 Å². The van der Waals surface area contributed by atoms with Crippen molar-refractivity contribution < 1.29 is 9.53 Å². The fraction of sp³-hybridized carbons (Fsp3) is 0.562. The van der Waals surface area contributed by atoms with E-state index in [1.165, 1.54) is 0 Å². The number of methoxy groups -OCH3 is 1. The first-order chi connectivity index (χ1) is 10.1. The number of ether oxygens (including phenoxy) is 1. The molecule has 21 heavy (non-hydrogen) atoms. The van der Waals surface area contributed by atoms with E-state index in [0.717, 1.165) is 43.8 Å². The maximum absolute atomic E-state index is 12.1. The molecule has 0 atom stereocenters. The Morgan fingerprint density at radius 3 is 2.76 bits per heavy atom. The summed E-state index contributed by atoms with van der Waals surface area (Å²) in [5.74, 6) is 0.648. The lowest BCUT2D eigenvalue weighted by molar-refractivity contribution is -0.117. The molecular weight excluding hydrogens is 266 g/mol. The molecule has 1 aliphatic rings. The van der Waals surface area contributed by atoms with Crippen LogP contribution in [0.4, 0.5) is 11.4 Å². The Hall–Kier alpha value is -1.59. The summed E-state index contributed by atoms with van der Waals surface area (Å²) in [4.78, 5) is 14.3. The number of nitrogens with one attached hydrogen (secondary N) is 1. The van der Waals surface area contributed by atoms with Gasteiger partial charge >= 0.3 is 0 Å². The van der Waals surface area contributed by atoms with Crippen LogP contribution in [-0.2, 0) is 9.53 Å². The molecule has 1 aromatic carbocycles. The molecule has 3 N–H and O–H groups in total. The Labute approximate surface area is 126 Å². The minimum absolute atomic E-state index is 0.0171. The number of piperidine rings is 1. The molecule has 5 nitrogen and oxygen atoms in total. The van der Waals surface area contributed by atoms with E-state index in [1.807, 2.05) is 19.1 Å². The van der Waals surface area contributed by atoms with Gasteiger partial charge in [0.1, 0.15) is 0 Å². The Morgan fingerprint density at radius 1 is 1.43 bits per heavy atom. The lowest BCUT2D eigenvalue weighted by Gasteiger charge is -2.31. The minimum Gasteiger partial charge on any atom is -0.398 e. The zero-order valence-corrected chi connectivity index (χ0v) is 12.9. The van der Waals surface area contributed by atoms with Gasteiger partial charge in [0.15, 0.2) is 0 Å². The molecule has 0 unspecified atom stereocenters. The highest BCUT2D eigenvalue weighted by Gasteiger charge is 2.20. The van der Waals surface area contributed by atoms with E-state index in [2.05, 4.69) is 10.2 Å². The number of likely N-dealkylation sites (tertiary alicyclic amines) is 1. The van der Waals surface area contributed by atoms with Crippen LogP contribution in [0.25, 0.3) is 0 Å². The van der Waals surface area contributed by atoms with Gasteiger partial charge in [-0.1, -0.05) is 6.07 Å². The van der Waals surface area contributed by atoms with Gasteiger partial charge in [0.25, 0.3) is 0 Å². The third-order valence-electron chi connectivity index (χ3n) is 4.04. The molecule has 1 aliphatic heterocycles. The molecule has 0 bridgehead atoms. The molecule has 1 heterocycles. The predicted molar refractivity (Wildman–Crippen MR) is 85.3 cm³/mol. The maximum Gasteiger partial charge on any atom is 0.238 e. The van der Waals surface area contributed by atoms with Crippen LogP contribution in [-0.4, -0.2) is 44.2 Å². The second-order valence-electron chi connectivity index (χ2n) is 5.79. The molecule has 1 aromatic rings. The fourth-order valence-corrected chi connectivity index (χ4v) is 2.67. The summed E-state index contributed by atoms with van der Waals surface area (Å²) < 4.78 is 5.19. The second-order valence-corrected chi connectivity index (χ2v) is 5.79. The molecule has 2 rings (SSSR count). The van der Waals surface area contributed by atoms with Gasteiger partial charge < -0.3 is 15.8 Å². The summed E-state index contributed by atoms with van der Waals surface area (Å²) in [5.41, 5.74) is 8.34. The number of nitrogens with zero attached hydrogens (tertiary/aromatic N) is 1. The van der Waals surface area contributed by atoms with Gasteiger partial charge in [0.2, 0.25) is 5.91 Å². The van der Waals surface area contributed by atoms with Crippen molar-refractivity contribution in [2.45, 2.75) is 19.8 Å². The minimum atomic E-state index is 0.0171. The molecule has 0 spiro atoms. The van der Waals surface area contributed by atoms with Crippen molar-refractivity contribution in [3.05, 3.63) is 23.8 Å². The molecule has 0 radical (unpaired) electrons. The van der Waals surface area contributed by atoms with Gasteiger partial charge in [-0.2, -0.15) is 0 Å². The standard InChI is InChI=1S/C16H25N3O2/c1-12-3-4-14(9-15(12)17)18-16(20)10-19-7-5-13(6-8-19)11-21-2/h3-4,9,13H,5-8,10-11,17H2,1-2H3,(H,18,20). The van der Waals surface area contributed by atoms with E-state index in [4.69, 9.17) is 10.5 Å². The van der Waals surface area contributed by atoms with Crippen LogP contribution in [0, 0.1) is 12.8 Å². The zero-order valence-electron chi connectivity index (χ0n) is 12.9. The van der Waals surface area contributed by atoms with Crippen LogP contribution in [0.1, 0.15) is 18.4 Å². The van der Waals surface area contributed by atoms with Crippen molar-refractivity contribution in [1.82, 2.24) is 4.90 Å². The molecule has 1 fully saturated rings. The number of aryl methyl sites for hydroxylation is 1. The quantitative estimate of drug-likeness (QED) is 0.813. The normalized spacial score (nSPS) is 16.9. The molecule has 1 saturated heterocycles. The first-order valence-electron chi connectivity index (χ1n) is 7.45. The van der Waals surface area contributed by atoms with Gasteiger partial charge in [-0.05, 0) is 56.5 Å². The van der Waals surface area contributed by atoms with Crippen molar-refractivity contribution in [3.8, 4) is 0 Å². The molecule has 0 aromatic heterocycles.